The van der Waals surface area contributed by atoms with Gasteiger partial charge in [0.2, 0.25) is 11.1 Å². The quantitative estimate of drug-likeness (QED) is 0.165. The second-order valence-electron chi connectivity index (χ2n) is 10.5. The molecule has 1 atom stereocenters. The topological polar surface area (TPSA) is 90.3 Å². The first-order valence-corrected chi connectivity index (χ1v) is 15.8. The van der Waals surface area contributed by atoms with Crippen LogP contribution >= 0.6 is 11.8 Å². The van der Waals surface area contributed by atoms with E-state index in [0.717, 1.165) is 46.7 Å². The van der Waals surface area contributed by atoms with E-state index in [9.17, 15) is 4.79 Å². The summed E-state index contributed by atoms with van der Waals surface area (Å²) in [5.74, 6) is 2.60. The number of hydrogen-bond donors (Lipinski definition) is 2. The highest BCUT2D eigenvalue weighted by atomic mass is 32.2. The van der Waals surface area contributed by atoms with Crippen molar-refractivity contribution in [2.45, 2.75) is 58.7 Å². The molecular formula is C34H39N5O3S. The summed E-state index contributed by atoms with van der Waals surface area (Å²) in [7, 11) is 0. The number of carbonyl (C=O) groups excluding carboxylic acids is 1. The third kappa shape index (κ3) is 6.88. The van der Waals surface area contributed by atoms with Crippen molar-refractivity contribution in [1.82, 2.24) is 14.8 Å². The summed E-state index contributed by atoms with van der Waals surface area (Å²) in [4.78, 5) is 18.8. The third-order valence-corrected chi connectivity index (χ3v) is 8.48. The van der Waals surface area contributed by atoms with E-state index in [4.69, 9.17) is 19.6 Å². The molecule has 3 aromatic carbocycles. The molecular weight excluding hydrogens is 558 g/mol. The number of fused-ring (bicyclic) bond motifs is 1. The van der Waals surface area contributed by atoms with E-state index in [-0.39, 0.29) is 5.91 Å². The molecule has 0 fully saturated rings. The van der Waals surface area contributed by atoms with Gasteiger partial charge in [-0.25, -0.2) is 4.68 Å². The van der Waals surface area contributed by atoms with Crippen molar-refractivity contribution in [3.05, 3.63) is 100 Å². The standard InChI is InChI=1S/C34H39N5O3S/c1-6-20-43-34-37-33-35-24(5)30(32(40)36-27-15-11-12-22(3)23(27)4)31(39(33)38-34)26-16-17-28(29(21-26)41-7-2)42-19-18-25-13-9-8-10-14-25/h8-17,21,31H,6-7,18-20H2,1-5H3,(H,36,40)(H,35,37,38). The van der Waals surface area contributed by atoms with E-state index in [1.807, 2.05) is 87.0 Å². The molecule has 0 spiro atoms. The summed E-state index contributed by atoms with van der Waals surface area (Å²) in [6.45, 7) is 11.0. The van der Waals surface area contributed by atoms with Crippen LogP contribution in [0.1, 0.15) is 55.5 Å². The maximum absolute atomic E-state index is 14.0. The molecule has 43 heavy (non-hydrogen) atoms. The maximum Gasteiger partial charge on any atom is 0.255 e. The van der Waals surface area contributed by atoms with Crippen molar-refractivity contribution >= 4 is 29.3 Å². The molecule has 0 radical (unpaired) electrons. The summed E-state index contributed by atoms with van der Waals surface area (Å²) < 4.78 is 14.1. The Hall–Kier alpha value is -4.24. The van der Waals surface area contributed by atoms with Crippen molar-refractivity contribution in [2.75, 3.05) is 29.6 Å². The number of aromatic nitrogens is 3. The molecule has 2 N–H and O–H groups in total. The molecule has 1 unspecified atom stereocenters. The van der Waals surface area contributed by atoms with E-state index in [1.54, 1.807) is 11.8 Å². The van der Waals surface area contributed by atoms with Crippen molar-refractivity contribution in [3.8, 4) is 11.5 Å². The van der Waals surface area contributed by atoms with Gasteiger partial charge in [0.05, 0.1) is 18.8 Å². The van der Waals surface area contributed by atoms with Gasteiger partial charge in [-0.05, 0) is 74.6 Å². The second-order valence-corrected chi connectivity index (χ2v) is 11.6. The van der Waals surface area contributed by atoms with Crippen LogP contribution in [0.25, 0.3) is 0 Å². The number of aryl methyl sites for hydroxylation is 1. The van der Waals surface area contributed by atoms with Crippen LogP contribution in [0.15, 0.2) is 83.2 Å². The average molecular weight is 598 g/mol. The Bertz CT molecular complexity index is 1620. The van der Waals surface area contributed by atoms with Crippen LogP contribution < -0.4 is 20.1 Å². The first-order valence-electron chi connectivity index (χ1n) is 14.8. The molecule has 0 saturated heterocycles. The van der Waals surface area contributed by atoms with Crippen molar-refractivity contribution < 1.29 is 14.3 Å². The molecule has 1 aliphatic rings. The number of nitrogens with zero attached hydrogens (tertiary/aromatic N) is 3. The lowest BCUT2D eigenvalue weighted by atomic mass is 9.94. The Morgan fingerprint density at radius 1 is 1.00 bits per heavy atom. The lowest BCUT2D eigenvalue weighted by molar-refractivity contribution is -0.113. The van der Waals surface area contributed by atoms with Crippen LogP contribution in [-0.4, -0.2) is 39.6 Å². The maximum atomic E-state index is 14.0. The molecule has 224 valence electrons. The molecule has 9 heteroatoms. The zero-order valence-corrected chi connectivity index (χ0v) is 26.3. The monoisotopic (exact) mass is 597 g/mol. The zero-order chi connectivity index (χ0) is 30.3. The first kappa shape index (κ1) is 30.2. The van der Waals surface area contributed by atoms with Gasteiger partial charge in [0.1, 0.15) is 6.04 Å². The molecule has 1 amide bonds. The lowest BCUT2D eigenvalue weighted by Crippen LogP contribution is -2.31. The largest absolute Gasteiger partial charge is 0.490 e. The van der Waals surface area contributed by atoms with E-state index in [2.05, 4.69) is 29.7 Å². The highest BCUT2D eigenvalue weighted by Crippen LogP contribution is 2.40. The Morgan fingerprint density at radius 3 is 2.58 bits per heavy atom. The Labute approximate surface area is 257 Å². The number of amides is 1. The predicted octanol–water partition coefficient (Wildman–Crippen LogP) is 7.34. The molecule has 1 aliphatic heterocycles. The van der Waals surface area contributed by atoms with Gasteiger partial charge in [-0.1, -0.05) is 67.2 Å². The van der Waals surface area contributed by atoms with E-state index >= 15 is 0 Å². The van der Waals surface area contributed by atoms with Gasteiger partial charge in [0, 0.05) is 23.6 Å². The van der Waals surface area contributed by atoms with Gasteiger partial charge >= 0.3 is 0 Å². The molecule has 1 aromatic heterocycles. The predicted molar refractivity (Wildman–Crippen MR) is 173 cm³/mol. The minimum Gasteiger partial charge on any atom is -0.490 e. The Kier molecular flexibility index (Phi) is 9.72. The van der Waals surface area contributed by atoms with Crippen LogP contribution in [-0.2, 0) is 11.2 Å². The summed E-state index contributed by atoms with van der Waals surface area (Å²) in [6.07, 6.45) is 1.79. The minimum absolute atomic E-state index is 0.200. The Morgan fingerprint density at radius 2 is 1.81 bits per heavy atom. The first-order chi connectivity index (χ1) is 20.9. The van der Waals surface area contributed by atoms with Gasteiger partial charge in [-0.2, -0.15) is 4.98 Å². The summed E-state index contributed by atoms with van der Waals surface area (Å²) in [6, 6.07) is 21.5. The zero-order valence-electron chi connectivity index (χ0n) is 25.4. The number of hydrogen-bond acceptors (Lipinski definition) is 7. The highest BCUT2D eigenvalue weighted by Gasteiger charge is 2.35. The summed E-state index contributed by atoms with van der Waals surface area (Å²) >= 11 is 1.60. The molecule has 4 aromatic rings. The number of carbonyl (C=O) groups is 1. The highest BCUT2D eigenvalue weighted by molar-refractivity contribution is 7.99. The fraction of sp³-hybridized carbons (Fsp3) is 0.324. The van der Waals surface area contributed by atoms with Gasteiger partial charge < -0.3 is 20.1 Å². The Balaban J connectivity index is 1.50. The number of anilines is 2. The van der Waals surface area contributed by atoms with Crippen LogP contribution in [0.5, 0.6) is 11.5 Å². The van der Waals surface area contributed by atoms with Crippen LogP contribution in [0.2, 0.25) is 0 Å². The third-order valence-electron chi connectivity index (χ3n) is 7.44. The summed E-state index contributed by atoms with van der Waals surface area (Å²) in [5, 5.41) is 12.0. The van der Waals surface area contributed by atoms with Crippen LogP contribution in [0.4, 0.5) is 11.6 Å². The molecule has 8 nitrogen and oxygen atoms in total. The van der Waals surface area contributed by atoms with E-state index in [0.29, 0.717) is 41.4 Å². The molecule has 2 heterocycles. The second kappa shape index (κ2) is 13.8. The van der Waals surface area contributed by atoms with E-state index in [1.165, 1.54) is 5.56 Å². The lowest BCUT2D eigenvalue weighted by Gasteiger charge is -2.29. The SMILES string of the molecule is CCCSc1nc2n(n1)C(c1ccc(OCCc3ccccc3)c(OCC)c1)C(C(=O)Nc1cccc(C)c1C)=C(C)N2. The summed E-state index contributed by atoms with van der Waals surface area (Å²) in [5.41, 5.74) is 6.27. The number of thioether (sulfide) groups is 1. The van der Waals surface area contributed by atoms with Gasteiger partial charge in [0.25, 0.3) is 5.91 Å². The average Bonchev–Trinajstić information content (AvgIpc) is 3.41. The van der Waals surface area contributed by atoms with Crippen molar-refractivity contribution in [2.24, 2.45) is 0 Å². The van der Waals surface area contributed by atoms with Crippen molar-refractivity contribution in [1.29, 1.82) is 0 Å². The van der Waals surface area contributed by atoms with Crippen LogP contribution in [0.3, 0.4) is 0 Å². The van der Waals surface area contributed by atoms with Crippen molar-refractivity contribution in [3.63, 3.8) is 0 Å². The van der Waals surface area contributed by atoms with E-state index < -0.39 is 6.04 Å². The molecule has 0 bridgehead atoms. The number of benzene rings is 3. The number of ether oxygens (including phenoxy) is 2. The number of nitrogens with one attached hydrogen (secondary N) is 2. The fourth-order valence-electron chi connectivity index (χ4n) is 5.07. The van der Waals surface area contributed by atoms with Gasteiger partial charge in [-0.3, -0.25) is 4.79 Å². The van der Waals surface area contributed by atoms with Gasteiger partial charge in [0.15, 0.2) is 11.5 Å². The number of allylic oxidation sites excluding steroid dienone is 1. The fourth-order valence-corrected chi connectivity index (χ4v) is 5.75. The number of rotatable bonds is 12. The molecule has 0 saturated carbocycles. The molecule has 0 aliphatic carbocycles. The smallest absolute Gasteiger partial charge is 0.255 e. The van der Waals surface area contributed by atoms with Crippen LogP contribution in [0, 0.1) is 13.8 Å². The minimum atomic E-state index is -0.526. The molecule has 5 rings (SSSR count). The van der Waals surface area contributed by atoms with Gasteiger partial charge in [-0.15, -0.1) is 5.10 Å². The normalized spacial score (nSPS) is 14.2.